The number of rotatable bonds is 2. The van der Waals surface area contributed by atoms with Gasteiger partial charge in [-0.05, 0) is 24.7 Å². The quantitative estimate of drug-likeness (QED) is 0.731. The summed E-state index contributed by atoms with van der Waals surface area (Å²) in [6.07, 6.45) is 3.71. The summed E-state index contributed by atoms with van der Waals surface area (Å²) in [5.41, 5.74) is 0. The Labute approximate surface area is 82.6 Å². The molecule has 0 spiro atoms. The minimum atomic E-state index is -2.44. The highest BCUT2D eigenvalue weighted by Gasteiger charge is 2.26. The second-order valence-electron chi connectivity index (χ2n) is 4.30. The molecule has 0 saturated carbocycles. The Morgan fingerprint density at radius 3 is 2.00 bits per heavy atom. The molecule has 0 unspecified atom stereocenters. The zero-order valence-electron chi connectivity index (χ0n) is 8.73. The van der Waals surface area contributed by atoms with Crippen LogP contribution in [-0.4, -0.2) is 32.8 Å². The Hall–Kier alpha value is 0.230. The van der Waals surface area contributed by atoms with Crippen molar-refractivity contribution in [2.75, 3.05) is 19.3 Å². The lowest BCUT2D eigenvalue weighted by molar-refractivity contribution is 0.214. The van der Waals surface area contributed by atoms with Crippen molar-refractivity contribution in [3.05, 3.63) is 0 Å². The summed E-state index contributed by atoms with van der Waals surface area (Å²) in [5, 5.41) is 0. The lowest BCUT2D eigenvalue weighted by Gasteiger charge is -2.44. The molecular weight excluding hydrogens is 186 g/mol. The summed E-state index contributed by atoms with van der Waals surface area (Å²) in [4.78, 5) is 0. The number of hydrogen-bond acceptors (Lipinski definition) is 3. The van der Waals surface area contributed by atoms with Crippen LogP contribution in [0.3, 0.4) is 0 Å². The van der Waals surface area contributed by atoms with Crippen molar-refractivity contribution in [3.63, 3.8) is 0 Å². The highest BCUT2D eigenvalue weighted by atomic mass is 32.3. The molecule has 1 fully saturated rings. The third-order valence-corrected chi connectivity index (χ3v) is 4.27. The van der Waals surface area contributed by atoms with Crippen LogP contribution in [-0.2, 0) is 0 Å². The summed E-state index contributed by atoms with van der Waals surface area (Å²) < 4.78 is 20.7. The van der Waals surface area contributed by atoms with Gasteiger partial charge >= 0.3 is 0 Å². The molecule has 1 heterocycles. The largest absolute Gasteiger partial charge is 0.286 e. The SMILES string of the molecule is CC(C)C1CCN(S(C)(O)O)CC1. The zero-order chi connectivity index (χ0) is 10.1. The molecule has 0 atom stereocenters. The molecule has 0 bridgehead atoms. The van der Waals surface area contributed by atoms with Gasteiger partial charge in [0.15, 0.2) is 0 Å². The van der Waals surface area contributed by atoms with Crippen LogP contribution in [0.5, 0.6) is 0 Å². The first-order valence-corrected chi connectivity index (χ1v) is 6.80. The third kappa shape index (κ3) is 3.13. The van der Waals surface area contributed by atoms with Crippen LogP contribution in [0.2, 0.25) is 0 Å². The summed E-state index contributed by atoms with van der Waals surface area (Å²) in [6.45, 7) is 6.15. The lowest BCUT2D eigenvalue weighted by Crippen LogP contribution is -2.36. The fourth-order valence-electron chi connectivity index (χ4n) is 1.89. The van der Waals surface area contributed by atoms with Crippen molar-refractivity contribution in [2.45, 2.75) is 26.7 Å². The van der Waals surface area contributed by atoms with Gasteiger partial charge in [0.1, 0.15) is 0 Å². The monoisotopic (exact) mass is 207 g/mol. The maximum atomic E-state index is 9.43. The fraction of sp³-hybridized carbons (Fsp3) is 1.00. The van der Waals surface area contributed by atoms with E-state index in [-0.39, 0.29) is 0 Å². The van der Waals surface area contributed by atoms with Crippen LogP contribution < -0.4 is 0 Å². The Morgan fingerprint density at radius 1 is 1.23 bits per heavy atom. The van der Waals surface area contributed by atoms with E-state index >= 15 is 0 Å². The lowest BCUT2D eigenvalue weighted by atomic mass is 9.87. The van der Waals surface area contributed by atoms with Gasteiger partial charge in [0.05, 0.1) is 0 Å². The first kappa shape index (κ1) is 11.3. The van der Waals surface area contributed by atoms with Crippen molar-refractivity contribution < 1.29 is 9.11 Å². The van der Waals surface area contributed by atoms with Gasteiger partial charge in [-0.3, -0.25) is 9.11 Å². The van der Waals surface area contributed by atoms with Crippen molar-refractivity contribution >= 4 is 10.8 Å². The normalized spacial score (nSPS) is 23.8. The Balaban J connectivity index is 2.39. The Kier molecular flexibility index (Phi) is 3.63. The second-order valence-corrected chi connectivity index (χ2v) is 6.40. The van der Waals surface area contributed by atoms with Gasteiger partial charge in [0, 0.05) is 19.3 Å². The molecule has 0 radical (unpaired) electrons. The first-order chi connectivity index (χ1) is 5.91. The third-order valence-electron chi connectivity index (χ3n) is 2.93. The molecule has 2 N–H and O–H groups in total. The van der Waals surface area contributed by atoms with Crippen LogP contribution in [0.1, 0.15) is 26.7 Å². The minimum absolute atomic E-state index is 0.723. The Bertz CT molecular complexity index is 159. The van der Waals surface area contributed by atoms with E-state index in [4.69, 9.17) is 0 Å². The van der Waals surface area contributed by atoms with Crippen LogP contribution in [0.25, 0.3) is 0 Å². The molecule has 13 heavy (non-hydrogen) atoms. The maximum Gasteiger partial charge on any atom is 0.0418 e. The molecule has 80 valence electrons. The van der Waals surface area contributed by atoms with E-state index in [9.17, 15) is 9.11 Å². The Morgan fingerprint density at radius 2 is 1.69 bits per heavy atom. The standard InChI is InChI=1S/C9H21NO2S/c1-8(2)9-4-6-10(7-5-9)13(3,11)12/h8-9,11-12H,4-7H2,1-3H3. The smallest absolute Gasteiger partial charge is 0.0418 e. The van der Waals surface area contributed by atoms with E-state index in [1.807, 2.05) is 4.31 Å². The van der Waals surface area contributed by atoms with Crippen molar-refractivity contribution in [3.8, 4) is 0 Å². The summed E-state index contributed by atoms with van der Waals surface area (Å²) in [7, 11) is -2.44. The molecule has 1 aliphatic heterocycles. The van der Waals surface area contributed by atoms with Gasteiger partial charge in [-0.1, -0.05) is 13.8 Å². The zero-order valence-corrected chi connectivity index (χ0v) is 9.55. The van der Waals surface area contributed by atoms with E-state index in [1.54, 1.807) is 0 Å². The highest BCUT2D eigenvalue weighted by Crippen LogP contribution is 2.42. The van der Waals surface area contributed by atoms with Crippen LogP contribution in [0, 0.1) is 11.8 Å². The number of nitrogens with zero attached hydrogens (tertiary/aromatic N) is 1. The van der Waals surface area contributed by atoms with E-state index in [2.05, 4.69) is 13.8 Å². The highest BCUT2D eigenvalue weighted by molar-refractivity contribution is 8.21. The molecule has 0 aromatic rings. The second kappa shape index (κ2) is 4.17. The van der Waals surface area contributed by atoms with Gasteiger partial charge < -0.3 is 0 Å². The van der Waals surface area contributed by atoms with Gasteiger partial charge in [-0.15, -0.1) is 10.8 Å². The van der Waals surface area contributed by atoms with E-state index in [0.29, 0.717) is 0 Å². The summed E-state index contributed by atoms with van der Waals surface area (Å²) in [6, 6.07) is 0. The molecular formula is C9H21NO2S. The number of hydrogen-bond donors (Lipinski definition) is 2. The summed E-state index contributed by atoms with van der Waals surface area (Å²) >= 11 is 0. The van der Waals surface area contributed by atoms with Crippen molar-refractivity contribution in [2.24, 2.45) is 11.8 Å². The molecule has 0 aromatic carbocycles. The van der Waals surface area contributed by atoms with Crippen LogP contribution in [0.15, 0.2) is 0 Å². The first-order valence-electron chi connectivity index (χ1n) is 4.89. The van der Waals surface area contributed by atoms with Gasteiger partial charge in [-0.25, -0.2) is 4.31 Å². The predicted octanol–water partition coefficient (Wildman–Crippen LogP) is 2.65. The van der Waals surface area contributed by atoms with Crippen molar-refractivity contribution in [1.82, 2.24) is 4.31 Å². The van der Waals surface area contributed by atoms with Crippen molar-refractivity contribution in [1.29, 1.82) is 0 Å². The molecule has 3 nitrogen and oxygen atoms in total. The average molecular weight is 207 g/mol. The van der Waals surface area contributed by atoms with Crippen LogP contribution >= 0.6 is 10.8 Å². The molecule has 1 aliphatic rings. The maximum absolute atomic E-state index is 9.43. The molecule has 0 aromatic heterocycles. The minimum Gasteiger partial charge on any atom is -0.286 e. The van der Waals surface area contributed by atoms with E-state index in [0.717, 1.165) is 37.8 Å². The molecule has 0 amide bonds. The molecule has 4 heteroatoms. The summed E-state index contributed by atoms with van der Waals surface area (Å²) in [5.74, 6) is 1.48. The molecule has 0 aliphatic carbocycles. The molecule has 1 saturated heterocycles. The van der Waals surface area contributed by atoms with Gasteiger partial charge in [-0.2, -0.15) is 0 Å². The molecule has 1 rings (SSSR count). The average Bonchev–Trinajstić information content (AvgIpc) is 2.03. The van der Waals surface area contributed by atoms with Gasteiger partial charge in [0.25, 0.3) is 0 Å². The van der Waals surface area contributed by atoms with Gasteiger partial charge in [0.2, 0.25) is 0 Å². The number of piperidine rings is 1. The predicted molar refractivity (Wildman–Crippen MR) is 57.9 cm³/mol. The topological polar surface area (TPSA) is 43.7 Å². The van der Waals surface area contributed by atoms with E-state index < -0.39 is 10.8 Å². The van der Waals surface area contributed by atoms with E-state index in [1.165, 1.54) is 6.26 Å². The van der Waals surface area contributed by atoms with Crippen LogP contribution in [0.4, 0.5) is 0 Å². The fourth-order valence-corrected chi connectivity index (χ4v) is 2.79.